The molecule has 0 amide bonds. The van der Waals surface area contributed by atoms with Crippen LogP contribution in [-0.4, -0.2) is 11.6 Å². The van der Waals surface area contributed by atoms with Gasteiger partial charge in [-0.2, -0.15) is 0 Å². The van der Waals surface area contributed by atoms with Crippen LogP contribution in [0, 0.1) is 5.41 Å². The quantitative estimate of drug-likeness (QED) is 0.555. The highest BCUT2D eigenvalue weighted by molar-refractivity contribution is 7.37. The van der Waals surface area contributed by atoms with E-state index in [1.807, 2.05) is 12.3 Å². The molecule has 0 aliphatic heterocycles. The molecule has 3 aromatic rings. The minimum atomic E-state index is 0.291. The molecule has 24 heavy (non-hydrogen) atoms. The first-order valence-corrected chi connectivity index (χ1v) is 10.0. The average molecular weight is 339 g/mol. The fourth-order valence-electron chi connectivity index (χ4n) is 3.27. The summed E-state index contributed by atoms with van der Waals surface area (Å²) in [5.41, 5.74) is 4.64. The Morgan fingerprint density at radius 2 is 1.75 bits per heavy atom. The minimum Gasteiger partial charge on any atom is -0.489 e. The smallest absolute Gasteiger partial charge is 0.119 e. The number of hydrogen-bond acceptors (Lipinski definition) is 1. The van der Waals surface area contributed by atoms with Crippen molar-refractivity contribution < 1.29 is 4.74 Å². The minimum absolute atomic E-state index is 0.291. The van der Waals surface area contributed by atoms with E-state index in [1.165, 1.54) is 16.5 Å². The molecule has 1 N–H and O–H groups in total. The van der Waals surface area contributed by atoms with E-state index in [9.17, 15) is 0 Å². The van der Waals surface area contributed by atoms with Crippen LogP contribution in [0.1, 0.15) is 37.6 Å². The second kappa shape index (κ2) is 6.99. The lowest BCUT2D eigenvalue weighted by atomic mass is 9.87. The van der Waals surface area contributed by atoms with Crippen molar-refractivity contribution in [1.82, 2.24) is 4.98 Å². The van der Waals surface area contributed by atoms with Crippen LogP contribution in [0.25, 0.3) is 10.9 Å². The molecule has 3 rings (SSSR count). The average Bonchev–Trinajstić information content (AvgIpc) is 2.97. The van der Waals surface area contributed by atoms with Gasteiger partial charge in [0.2, 0.25) is 0 Å². The Bertz CT molecular complexity index is 799. The highest BCUT2D eigenvalue weighted by Gasteiger charge is 2.24. The van der Waals surface area contributed by atoms with Crippen molar-refractivity contribution in [3.05, 3.63) is 65.9 Å². The van der Waals surface area contributed by atoms with E-state index >= 15 is 0 Å². The molecule has 2 unspecified atom stereocenters. The number of aromatic amines is 1. The summed E-state index contributed by atoms with van der Waals surface area (Å²) < 4.78 is 5.99. The topological polar surface area (TPSA) is 25.0 Å². The molecule has 2 nitrogen and oxygen atoms in total. The third-order valence-electron chi connectivity index (χ3n) is 4.44. The van der Waals surface area contributed by atoms with Crippen LogP contribution in [0.15, 0.2) is 54.7 Å². The molecule has 126 valence electrons. The van der Waals surface area contributed by atoms with Crippen LogP contribution in [0.2, 0.25) is 0 Å². The van der Waals surface area contributed by atoms with E-state index in [-0.39, 0.29) is 0 Å². The Morgan fingerprint density at radius 1 is 1.04 bits per heavy atom. The zero-order valence-electron chi connectivity index (χ0n) is 14.9. The number of rotatable bonds is 5. The summed E-state index contributed by atoms with van der Waals surface area (Å²) in [5, 5.41) is 1.23. The van der Waals surface area contributed by atoms with Gasteiger partial charge < -0.3 is 9.72 Å². The first kappa shape index (κ1) is 17.0. The predicted octanol–water partition coefficient (Wildman–Crippen LogP) is 6.14. The fourth-order valence-corrected chi connectivity index (χ4v) is 4.66. The first-order valence-electron chi connectivity index (χ1n) is 8.44. The van der Waals surface area contributed by atoms with Crippen molar-refractivity contribution in [3.63, 3.8) is 0 Å². The molecule has 1 aromatic heterocycles. The molecule has 0 aliphatic carbocycles. The number of fused-ring (bicyclic) bond motifs is 1. The maximum atomic E-state index is 5.99. The van der Waals surface area contributed by atoms with Crippen LogP contribution in [0.3, 0.4) is 0 Å². The Kier molecular flexibility index (Phi) is 4.96. The number of ether oxygens (including phenoxy) is 1. The number of nitrogens with one attached hydrogen (secondary N) is 1. The number of para-hydroxylation sites is 1. The molecular weight excluding hydrogens is 313 g/mol. The maximum Gasteiger partial charge on any atom is 0.119 e. The number of hydrogen-bond donors (Lipinski definition) is 1. The van der Waals surface area contributed by atoms with E-state index < -0.39 is 0 Å². The van der Waals surface area contributed by atoms with Crippen LogP contribution in [0.4, 0.5) is 0 Å². The van der Waals surface area contributed by atoms with Gasteiger partial charge >= 0.3 is 0 Å². The first-order chi connectivity index (χ1) is 11.5. The van der Waals surface area contributed by atoms with Gasteiger partial charge in [-0.1, -0.05) is 51.1 Å². The monoisotopic (exact) mass is 339 g/mol. The van der Waals surface area contributed by atoms with Crippen molar-refractivity contribution in [2.45, 2.75) is 33.0 Å². The Morgan fingerprint density at radius 3 is 2.42 bits per heavy atom. The molecule has 0 spiro atoms. The van der Waals surface area contributed by atoms with E-state index in [0.717, 1.165) is 19.8 Å². The number of H-pyrrole nitrogens is 1. The van der Waals surface area contributed by atoms with E-state index in [2.05, 4.69) is 74.9 Å². The van der Waals surface area contributed by atoms with Gasteiger partial charge in [0.1, 0.15) is 12.4 Å². The summed E-state index contributed by atoms with van der Waals surface area (Å²) in [6, 6.07) is 17.0. The number of benzene rings is 2. The standard InChI is InChI=1S/C21H26NOP/c1-21(2,3)20(24-4)15-9-11-17(12-10-15)23-14-16-13-22-19-8-6-5-7-18(16)19/h5-13,20,22,24H,14H2,1-4H3. The van der Waals surface area contributed by atoms with Gasteiger partial charge in [0.15, 0.2) is 0 Å². The maximum absolute atomic E-state index is 5.99. The summed E-state index contributed by atoms with van der Waals surface area (Å²) in [5.74, 6) is 0.927. The summed E-state index contributed by atoms with van der Waals surface area (Å²) >= 11 is 0. The van der Waals surface area contributed by atoms with Gasteiger partial charge in [0, 0.05) is 28.3 Å². The molecule has 1 heterocycles. The van der Waals surface area contributed by atoms with Crippen LogP contribution in [0.5, 0.6) is 5.75 Å². The lowest BCUT2D eigenvalue weighted by Gasteiger charge is -2.30. The molecule has 0 radical (unpaired) electrons. The number of aromatic nitrogens is 1. The summed E-state index contributed by atoms with van der Waals surface area (Å²) in [7, 11) is 0.901. The highest BCUT2D eigenvalue weighted by Crippen LogP contribution is 2.46. The van der Waals surface area contributed by atoms with Gasteiger partial charge in [-0.25, -0.2) is 0 Å². The van der Waals surface area contributed by atoms with Gasteiger partial charge in [-0.15, -0.1) is 8.58 Å². The molecule has 0 saturated heterocycles. The van der Waals surface area contributed by atoms with E-state index in [1.54, 1.807) is 0 Å². The molecule has 0 fully saturated rings. The van der Waals surface area contributed by atoms with Crippen LogP contribution < -0.4 is 4.74 Å². The molecular formula is C21H26NOP. The summed E-state index contributed by atoms with van der Waals surface area (Å²) in [6.07, 6.45) is 2.03. The second-order valence-corrected chi connectivity index (χ2v) is 8.46. The lowest BCUT2D eigenvalue weighted by molar-refractivity contribution is 0.307. The largest absolute Gasteiger partial charge is 0.489 e. The van der Waals surface area contributed by atoms with Crippen molar-refractivity contribution >= 4 is 19.5 Å². The zero-order chi connectivity index (χ0) is 17.2. The zero-order valence-corrected chi connectivity index (χ0v) is 15.9. The van der Waals surface area contributed by atoms with Gasteiger partial charge in [-0.05, 0) is 35.8 Å². The summed E-state index contributed by atoms with van der Waals surface area (Å²) in [6.45, 7) is 9.82. The highest BCUT2D eigenvalue weighted by atomic mass is 31.1. The third-order valence-corrected chi connectivity index (χ3v) is 6.21. The molecule has 3 heteroatoms. The van der Waals surface area contributed by atoms with Crippen molar-refractivity contribution in [3.8, 4) is 5.75 Å². The van der Waals surface area contributed by atoms with Gasteiger partial charge in [0.05, 0.1) is 0 Å². The SMILES string of the molecule is CPC(c1ccc(OCc2c[nH]c3ccccc23)cc1)C(C)(C)C. The lowest BCUT2D eigenvalue weighted by Crippen LogP contribution is -2.14. The third kappa shape index (κ3) is 3.65. The van der Waals surface area contributed by atoms with E-state index in [4.69, 9.17) is 4.74 Å². The Hall–Kier alpha value is -1.79. The molecule has 2 aromatic carbocycles. The fraction of sp³-hybridized carbons (Fsp3) is 0.333. The molecule has 0 saturated carbocycles. The molecule has 2 atom stereocenters. The normalized spacial score (nSPS) is 13.7. The van der Waals surface area contributed by atoms with Gasteiger partial charge in [-0.3, -0.25) is 0 Å². The van der Waals surface area contributed by atoms with Crippen LogP contribution in [-0.2, 0) is 6.61 Å². The molecule has 0 aliphatic rings. The summed E-state index contributed by atoms with van der Waals surface area (Å²) in [4.78, 5) is 3.29. The van der Waals surface area contributed by atoms with E-state index in [0.29, 0.717) is 17.7 Å². The predicted molar refractivity (Wildman–Crippen MR) is 106 cm³/mol. The second-order valence-electron chi connectivity index (χ2n) is 7.30. The van der Waals surface area contributed by atoms with Crippen molar-refractivity contribution in [1.29, 1.82) is 0 Å². The molecule has 0 bridgehead atoms. The Labute approximate surface area is 146 Å². The van der Waals surface area contributed by atoms with Gasteiger partial charge in [0.25, 0.3) is 0 Å². The van der Waals surface area contributed by atoms with Crippen molar-refractivity contribution in [2.75, 3.05) is 6.66 Å². The van der Waals surface area contributed by atoms with Crippen molar-refractivity contribution in [2.24, 2.45) is 5.41 Å². The Balaban J connectivity index is 1.70. The van der Waals surface area contributed by atoms with Crippen LogP contribution >= 0.6 is 8.58 Å².